The molecule has 1 aromatic carbocycles. The van der Waals surface area contributed by atoms with Crippen molar-refractivity contribution in [3.63, 3.8) is 0 Å². The topological polar surface area (TPSA) is 72.2 Å². The van der Waals surface area contributed by atoms with Gasteiger partial charge in [-0.2, -0.15) is 0 Å². The largest absolute Gasteiger partial charge is 0.389 e. The van der Waals surface area contributed by atoms with Crippen LogP contribution in [0, 0.1) is 6.92 Å². The minimum atomic E-state index is -3.62. The summed E-state index contributed by atoms with van der Waals surface area (Å²) in [6.07, 6.45) is 0. The summed E-state index contributed by atoms with van der Waals surface area (Å²) in [7, 11) is -3.62. The van der Waals surface area contributed by atoms with Crippen LogP contribution in [0.1, 0.15) is 10.4 Å². The molecule has 3 N–H and O–H groups in total. The van der Waals surface area contributed by atoms with E-state index >= 15 is 0 Å². The normalized spacial score (nSPS) is 11.3. The lowest BCUT2D eigenvalue weighted by atomic mass is 10.2. The van der Waals surface area contributed by atoms with E-state index < -0.39 is 10.0 Å². The minimum Gasteiger partial charge on any atom is -0.389 e. The Bertz CT molecular complexity index is 769. The monoisotopic (exact) mass is 390 g/mol. The van der Waals surface area contributed by atoms with E-state index in [-0.39, 0.29) is 9.20 Å². The summed E-state index contributed by atoms with van der Waals surface area (Å²) in [6.45, 7) is 1.93. The Morgan fingerprint density at radius 3 is 2.60 bits per heavy atom. The Balaban J connectivity index is 2.30. The van der Waals surface area contributed by atoms with Crippen molar-refractivity contribution >= 4 is 60.2 Å². The molecule has 106 valence electrons. The quantitative estimate of drug-likeness (QED) is 0.785. The Kier molecular flexibility index (Phi) is 4.48. The predicted molar refractivity (Wildman–Crippen MR) is 89.9 cm³/mol. The van der Waals surface area contributed by atoms with E-state index in [0.717, 1.165) is 21.4 Å². The van der Waals surface area contributed by atoms with Gasteiger partial charge >= 0.3 is 0 Å². The average Bonchev–Trinajstić information content (AvgIpc) is 2.84. The van der Waals surface area contributed by atoms with E-state index in [1.807, 2.05) is 13.0 Å². The van der Waals surface area contributed by atoms with Crippen LogP contribution in [0.5, 0.6) is 0 Å². The number of hydrogen-bond acceptors (Lipinski definition) is 4. The summed E-state index contributed by atoms with van der Waals surface area (Å²) >= 11 is 9.24. The second-order valence-electron chi connectivity index (χ2n) is 4.05. The van der Waals surface area contributed by atoms with Crippen molar-refractivity contribution in [3.8, 4) is 0 Å². The summed E-state index contributed by atoms with van der Waals surface area (Å²) < 4.78 is 28.0. The number of aryl methyl sites for hydroxylation is 1. The molecule has 0 saturated heterocycles. The molecule has 2 rings (SSSR count). The molecule has 1 aromatic heterocycles. The third kappa shape index (κ3) is 3.38. The molecule has 0 saturated carbocycles. The first-order chi connectivity index (χ1) is 9.29. The van der Waals surface area contributed by atoms with E-state index in [0.29, 0.717) is 10.6 Å². The SMILES string of the molecule is Cc1ccc(NS(=O)(=O)c2ccc(C(N)=S)s2)cc1Br. The van der Waals surface area contributed by atoms with E-state index in [4.69, 9.17) is 18.0 Å². The van der Waals surface area contributed by atoms with Gasteiger partial charge in [-0.3, -0.25) is 4.72 Å². The standard InChI is InChI=1S/C12H11BrN2O2S3/c1-7-2-3-8(6-9(7)13)15-20(16,17)11-5-4-10(19-11)12(14)18/h2-6,15H,1H3,(H2,14,18). The van der Waals surface area contributed by atoms with Crippen LogP contribution in [0.4, 0.5) is 5.69 Å². The zero-order chi connectivity index (χ0) is 14.9. The smallest absolute Gasteiger partial charge is 0.271 e. The fourth-order valence-corrected chi connectivity index (χ4v) is 4.24. The highest BCUT2D eigenvalue weighted by atomic mass is 79.9. The van der Waals surface area contributed by atoms with E-state index in [1.54, 1.807) is 18.2 Å². The first kappa shape index (κ1) is 15.4. The molecule has 0 bridgehead atoms. The second kappa shape index (κ2) is 5.80. The van der Waals surface area contributed by atoms with Crippen LogP contribution in [-0.2, 0) is 10.0 Å². The summed E-state index contributed by atoms with van der Waals surface area (Å²) in [5, 5.41) is 0. The lowest BCUT2D eigenvalue weighted by molar-refractivity contribution is 0.603. The zero-order valence-corrected chi connectivity index (χ0v) is 14.4. The van der Waals surface area contributed by atoms with Crippen molar-refractivity contribution in [1.29, 1.82) is 0 Å². The van der Waals surface area contributed by atoms with Gasteiger partial charge in [0.05, 0.1) is 4.88 Å². The van der Waals surface area contributed by atoms with Crippen molar-refractivity contribution in [1.82, 2.24) is 0 Å². The molecule has 2 aromatic rings. The Morgan fingerprint density at radius 2 is 2.05 bits per heavy atom. The molecule has 0 fully saturated rings. The molecular weight excluding hydrogens is 380 g/mol. The van der Waals surface area contributed by atoms with Crippen molar-refractivity contribution in [3.05, 3.63) is 45.2 Å². The lowest BCUT2D eigenvalue weighted by Gasteiger charge is -2.07. The highest BCUT2D eigenvalue weighted by Crippen LogP contribution is 2.26. The Morgan fingerprint density at radius 1 is 1.35 bits per heavy atom. The average molecular weight is 391 g/mol. The second-order valence-corrected chi connectivity index (χ2v) is 8.34. The molecule has 0 amide bonds. The Hall–Kier alpha value is -0.960. The van der Waals surface area contributed by atoms with Gasteiger partial charge < -0.3 is 5.73 Å². The lowest BCUT2D eigenvalue weighted by Crippen LogP contribution is -2.11. The van der Waals surface area contributed by atoms with Crippen LogP contribution in [0.3, 0.4) is 0 Å². The molecule has 1 heterocycles. The van der Waals surface area contributed by atoms with Crippen molar-refractivity contribution in [2.75, 3.05) is 4.72 Å². The zero-order valence-electron chi connectivity index (χ0n) is 10.4. The number of benzene rings is 1. The van der Waals surface area contributed by atoms with Crippen molar-refractivity contribution in [2.45, 2.75) is 11.1 Å². The number of anilines is 1. The molecule has 0 spiro atoms. The number of nitrogens with one attached hydrogen (secondary N) is 1. The van der Waals surface area contributed by atoms with Gasteiger partial charge in [0.15, 0.2) is 0 Å². The maximum absolute atomic E-state index is 12.2. The fraction of sp³-hybridized carbons (Fsp3) is 0.0833. The van der Waals surface area contributed by atoms with Crippen LogP contribution < -0.4 is 10.5 Å². The molecule has 0 aliphatic carbocycles. The first-order valence-electron chi connectivity index (χ1n) is 5.48. The predicted octanol–water partition coefficient (Wildman–Crippen LogP) is 3.25. The fourth-order valence-electron chi connectivity index (χ4n) is 1.46. The number of thiocarbonyl (C=S) groups is 1. The first-order valence-corrected chi connectivity index (χ1v) is 8.98. The number of halogens is 1. The molecule has 0 radical (unpaired) electrons. The number of thiophene rings is 1. The third-order valence-electron chi connectivity index (χ3n) is 2.51. The molecular formula is C12H11BrN2O2S3. The third-order valence-corrected chi connectivity index (χ3v) is 6.71. The number of rotatable bonds is 4. The van der Waals surface area contributed by atoms with Crippen LogP contribution in [0.15, 0.2) is 39.0 Å². The van der Waals surface area contributed by atoms with E-state index in [2.05, 4.69) is 20.7 Å². The summed E-state index contributed by atoms with van der Waals surface area (Å²) in [5.41, 5.74) is 7.00. The molecule has 0 unspecified atom stereocenters. The molecule has 0 aliphatic rings. The molecule has 4 nitrogen and oxygen atoms in total. The van der Waals surface area contributed by atoms with Crippen LogP contribution in [-0.4, -0.2) is 13.4 Å². The summed E-state index contributed by atoms with van der Waals surface area (Å²) in [4.78, 5) is 0.764. The van der Waals surface area contributed by atoms with Gasteiger partial charge in [0.25, 0.3) is 10.0 Å². The van der Waals surface area contributed by atoms with Gasteiger partial charge in [-0.1, -0.05) is 34.2 Å². The maximum Gasteiger partial charge on any atom is 0.271 e. The van der Waals surface area contributed by atoms with Gasteiger partial charge in [-0.25, -0.2) is 8.42 Å². The van der Waals surface area contributed by atoms with Crippen LogP contribution >= 0.6 is 39.5 Å². The van der Waals surface area contributed by atoms with Crippen molar-refractivity contribution in [2.24, 2.45) is 5.73 Å². The van der Waals surface area contributed by atoms with Gasteiger partial charge in [0, 0.05) is 10.2 Å². The number of hydrogen-bond donors (Lipinski definition) is 2. The van der Waals surface area contributed by atoms with Gasteiger partial charge in [-0.15, -0.1) is 11.3 Å². The summed E-state index contributed by atoms with van der Waals surface area (Å²) in [5.74, 6) is 0. The highest BCUT2D eigenvalue weighted by molar-refractivity contribution is 9.10. The Labute approximate surface area is 135 Å². The van der Waals surface area contributed by atoms with Crippen molar-refractivity contribution < 1.29 is 8.42 Å². The number of nitrogens with two attached hydrogens (primary N) is 1. The minimum absolute atomic E-state index is 0.178. The van der Waals surface area contributed by atoms with E-state index in [1.165, 1.54) is 6.07 Å². The molecule has 0 atom stereocenters. The van der Waals surface area contributed by atoms with Gasteiger partial charge in [-0.05, 0) is 36.8 Å². The van der Waals surface area contributed by atoms with Gasteiger partial charge in [0.2, 0.25) is 0 Å². The summed E-state index contributed by atoms with van der Waals surface area (Å²) in [6, 6.07) is 8.35. The number of sulfonamides is 1. The maximum atomic E-state index is 12.2. The van der Waals surface area contributed by atoms with Gasteiger partial charge in [0.1, 0.15) is 9.20 Å². The van der Waals surface area contributed by atoms with E-state index in [9.17, 15) is 8.42 Å². The van der Waals surface area contributed by atoms with Crippen LogP contribution in [0.25, 0.3) is 0 Å². The molecule has 0 aliphatic heterocycles. The molecule has 8 heteroatoms. The highest BCUT2D eigenvalue weighted by Gasteiger charge is 2.18. The van der Waals surface area contributed by atoms with Crippen LogP contribution in [0.2, 0.25) is 0 Å². The molecule has 20 heavy (non-hydrogen) atoms.